The van der Waals surface area contributed by atoms with E-state index in [2.05, 4.69) is 17.1 Å². The van der Waals surface area contributed by atoms with Crippen molar-refractivity contribution in [3.63, 3.8) is 0 Å². The van der Waals surface area contributed by atoms with Crippen LogP contribution >= 0.6 is 0 Å². The second kappa shape index (κ2) is 6.67. The van der Waals surface area contributed by atoms with E-state index in [-0.39, 0.29) is 10.8 Å². The van der Waals surface area contributed by atoms with E-state index < -0.39 is 10.8 Å². The Morgan fingerprint density at radius 1 is 1.29 bits per heavy atom. The van der Waals surface area contributed by atoms with Crippen LogP contribution in [0.3, 0.4) is 0 Å². The molecule has 1 aliphatic heterocycles. The van der Waals surface area contributed by atoms with Crippen LogP contribution < -0.4 is 5.32 Å². The Kier molecular flexibility index (Phi) is 5.33. The Morgan fingerprint density at radius 2 is 1.95 bits per heavy atom. The minimum Gasteiger partial charge on any atom is -0.337 e. The molecule has 0 aromatic carbocycles. The van der Waals surface area contributed by atoms with Gasteiger partial charge in [-0.05, 0) is 52.9 Å². The molecule has 0 bridgehead atoms. The lowest BCUT2D eigenvalue weighted by Crippen LogP contribution is -2.48. The molecule has 1 aliphatic carbocycles. The normalized spacial score (nSPS) is 30.9. The Balaban J connectivity index is 1.84. The number of urea groups is 1. The molecule has 5 heteroatoms. The molecule has 0 aromatic heterocycles. The van der Waals surface area contributed by atoms with E-state index in [9.17, 15) is 9.00 Å². The predicted molar refractivity (Wildman–Crippen MR) is 87.8 cm³/mol. The van der Waals surface area contributed by atoms with E-state index in [1.165, 1.54) is 19.3 Å². The quantitative estimate of drug-likeness (QED) is 0.871. The van der Waals surface area contributed by atoms with Gasteiger partial charge in [-0.25, -0.2) is 4.79 Å². The summed E-state index contributed by atoms with van der Waals surface area (Å²) in [6.07, 6.45) is 6.12. The van der Waals surface area contributed by atoms with Gasteiger partial charge in [0.25, 0.3) is 0 Å². The van der Waals surface area contributed by atoms with Gasteiger partial charge >= 0.3 is 6.03 Å². The third-order valence-corrected chi connectivity index (χ3v) is 6.77. The molecule has 1 heterocycles. The molecule has 0 unspecified atom stereocenters. The van der Waals surface area contributed by atoms with Crippen LogP contribution in [0.25, 0.3) is 0 Å². The fraction of sp³-hybridized carbons (Fsp3) is 0.938. The van der Waals surface area contributed by atoms with Gasteiger partial charge in [0.1, 0.15) is 0 Å². The Hall–Kier alpha value is -0.580. The van der Waals surface area contributed by atoms with Crippen LogP contribution in [0, 0.1) is 5.92 Å². The molecule has 1 saturated carbocycles. The number of nitrogens with zero attached hydrogens (tertiary/aromatic N) is 1. The first-order valence-corrected chi connectivity index (χ1v) is 9.57. The molecule has 2 fully saturated rings. The molecule has 0 aromatic rings. The van der Waals surface area contributed by atoms with Gasteiger partial charge in [-0.1, -0.05) is 12.8 Å². The molecule has 1 N–H and O–H groups in total. The van der Waals surface area contributed by atoms with Gasteiger partial charge in [-0.2, -0.15) is 0 Å². The van der Waals surface area contributed by atoms with Gasteiger partial charge < -0.3 is 10.2 Å². The molecular formula is C16H30N2O2S. The molecule has 2 aliphatic rings. The van der Waals surface area contributed by atoms with Crippen LogP contribution in [-0.4, -0.2) is 44.3 Å². The fourth-order valence-corrected chi connectivity index (χ4v) is 4.61. The van der Waals surface area contributed by atoms with Gasteiger partial charge in [-0.3, -0.25) is 4.21 Å². The number of hydrogen-bond donors (Lipinski definition) is 1. The average Bonchev–Trinajstić information content (AvgIpc) is 2.73. The van der Waals surface area contributed by atoms with Gasteiger partial charge in [0, 0.05) is 39.9 Å². The first-order valence-electron chi connectivity index (χ1n) is 8.25. The SMILES string of the molecule is C[C@@H]1C[C@@H]2CCCC[C@@H]2N1C(=O)NCC[S@@](=O)C(C)(C)C. The summed E-state index contributed by atoms with van der Waals surface area (Å²) in [5.74, 6) is 1.23. The first kappa shape index (κ1) is 16.8. The number of carbonyl (C=O) groups excluding carboxylic acids is 1. The predicted octanol–water partition coefficient (Wildman–Crippen LogP) is 2.90. The van der Waals surface area contributed by atoms with E-state index in [1.54, 1.807) is 0 Å². The fourth-order valence-electron chi connectivity index (χ4n) is 3.71. The largest absolute Gasteiger partial charge is 0.337 e. The van der Waals surface area contributed by atoms with Crippen molar-refractivity contribution >= 4 is 16.8 Å². The number of likely N-dealkylation sites (tertiary alicyclic amines) is 1. The molecule has 0 radical (unpaired) electrons. The Morgan fingerprint density at radius 3 is 2.62 bits per heavy atom. The van der Waals surface area contributed by atoms with Crippen molar-refractivity contribution in [1.82, 2.24) is 10.2 Å². The summed E-state index contributed by atoms with van der Waals surface area (Å²) in [6, 6.07) is 0.816. The van der Waals surface area contributed by atoms with E-state index in [4.69, 9.17) is 0 Å². The average molecular weight is 314 g/mol. The minimum atomic E-state index is -0.905. The van der Waals surface area contributed by atoms with Gasteiger partial charge in [0.05, 0.1) is 0 Å². The van der Waals surface area contributed by atoms with E-state index in [0.717, 1.165) is 12.8 Å². The minimum absolute atomic E-state index is 0.0443. The highest BCUT2D eigenvalue weighted by atomic mass is 32.2. The number of fused-ring (bicyclic) bond motifs is 1. The molecular weight excluding hydrogens is 284 g/mol. The lowest BCUT2D eigenvalue weighted by molar-refractivity contribution is 0.156. The van der Waals surface area contributed by atoms with Crippen LogP contribution in [-0.2, 0) is 10.8 Å². The number of hydrogen-bond acceptors (Lipinski definition) is 2. The number of amides is 2. The summed E-state index contributed by atoms with van der Waals surface area (Å²) in [6.45, 7) is 8.58. The molecule has 4 atom stereocenters. The number of carbonyl (C=O) groups is 1. The molecule has 0 spiro atoms. The Labute approximate surface area is 131 Å². The highest BCUT2D eigenvalue weighted by Crippen LogP contribution is 2.39. The number of rotatable bonds is 3. The van der Waals surface area contributed by atoms with Gasteiger partial charge in [-0.15, -0.1) is 0 Å². The van der Waals surface area contributed by atoms with E-state index >= 15 is 0 Å². The molecule has 2 amide bonds. The van der Waals surface area contributed by atoms with Crippen molar-refractivity contribution in [2.45, 2.75) is 76.6 Å². The Bertz CT molecular complexity index is 406. The van der Waals surface area contributed by atoms with Crippen LogP contribution in [0.2, 0.25) is 0 Å². The highest BCUT2D eigenvalue weighted by molar-refractivity contribution is 7.86. The molecule has 2 rings (SSSR count). The summed E-state index contributed by atoms with van der Waals surface area (Å²) < 4.78 is 11.8. The third kappa shape index (κ3) is 3.99. The van der Waals surface area contributed by atoms with Crippen molar-refractivity contribution in [1.29, 1.82) is 0 Å². The summed E-state index contributed by atoms with van der Waals surface area (Å²) >= 11 is 0. The van der Waals surface area contributed by atoms with Crippen LogP contribution in [0.4, 0.5) is 4.79 Å². The summed E-state index contributed by atoms with van der Waals surface area (Å²) in [4.78, 5) is 14.5. The zero-order valence-corrected chi connectivity index (χ0v) is 14.7. The maximum atomic E-state index is 12.5. The molecule has 122 valence electrons. The maximum absolute atomic E-state index is 12.5. The van der Waals surface area contributed by atoms with Crippen molar-refractivity contribution < 1.29 is 9.00 Å². The van der Waals surface area contributed by atoms with Gasteiger partial charge in [0.15, 0.2) is 0 Å². The standard InChI is InChI=1S/C16H30N2O2S/c1-12-11-13-7-5-6-8-14(13)18(12)15(19)17-9-10-21(20)16(2,3)4/h12-14H,5-11H2,1-4H3,(H,17,19)/t12-,13+,14+,21-/m1/s1. The second-order valence-corrected chi connectivity index (χ2v) is 9.82. The zero-order valence-electron chi connectivity index (χ0n) is 13.9. The van der Waals surface area contributed by atoms with Crippen LogP contribution in [0.1, 0.15) is 59.8 Å². The number of nitrogens with one attached hydrogen (secondary N) is 1. The second-order valence-electron chi connectivity index (χ2n) is 7.50. The van der Waals surface area contributed by atoms with Crippen LogP contribution in [0.5, 0.6) is 0 Å². The van der Waals surface area contributed by atoms with Gasteiger partial charge in [0.2, 0.25) is 0 Å². The maximum Gasteiger partial charge on any atom is 0.317 e. The molecule has 1 saturated heterocycles. The molecule has 4 nitrogen and oxygen atoms in total. The van der Waals surface area contributed by atoms with Crippen molar-refractivity contribution in [2.24, 2.45) is 5.92 Å². The van der Waals surface area contributed by atoms with Crippen LogP contribution in [0.15, 0.2) is 0 Å². The highest BCUT2D eigenvalue weighted by Gasteiger charge is 2.42. The van der Waals surface area contributed by atoms with Crippen molar-refractivity contribution in [2.75, 3.05) is 12.3 Å². The van der Waals surface area contributed by atoms with E-state index in [0.29, 0.717) is 30.3 Å². The summed E-state index contributed by atoms with van der Waals surface area (Å²) in [5, 5.41) is 2.98. The first-order chi connectivity index (χ1) is 9.80. The van der Waals surface area contributed by atoms with Crippen molar-refractivity contribution in [3.05, 3.63) is 0 Å². The lowest BCUT2D eigenvalue weighted by atomic mass is 9.85. The topological polar surface area (TPSA) is 49.4 Å². The van der Waals surface area contributed by atoms with Crippen molar-refractivity contribution in [3.8, 4) is 0 Å². The zero-order chi connectivity index (χ0) is 15.6. The monoisotopic (exact) mass is 314 g/mol. The van der Waals surface area contributed by atoms with E-state index in [1.807, 2.05) is 20.8 Å². The molecule has 21 heavy (non-hydrogen) atoms. The third-order valence-electron chi connectivity index (χ3n) is 4.83. The summed E-state index contributed by atoms with van der Waals surface area (Å²) in [7, 11) is -0.905. The lowest BCUT2D eigenvalue weighted by Gasteiger charge is -2.33. The smallest absolute Gasteiger partial charge is 0.317 e. The summed E-state index contributed by atoms with van der Waals surface area (Å²) in [5.41, 5.74) is 0.